The first kappa shape index (κ1) is 22.5. The number of hydrogen-bond donors (Lipinski definition) is 0. The highest BCUT2D eigenvalue weighted by atomic mass is 32.2. The fourth-order valence-corrected chi connectivity index (χ4v) is 5.51. The molecule has 0 aliphatic carbocycles. The van der Waals surface area contributed by atoms with E-state index in [-0.39, 0.29) is 15.5 Å². The van der Waals surface area contributed by atoms with Crippen molar-refractivity contribution in [3.63, 3.8) is 0 Å². The van der Waals surface area contributed by atoms with E-state index in [4.69, 9.17) is 5.10 Å². The number of para-hydroxylation sites is 1. The van der Waals surface area contributed by atoms with Gasteiger partial charge in [0.15, 0.2) is 10.8 Å². The van der Waals surface area contributed by atoms with Gasteiger partial charge in [0.25, 0.3) is 0 Å². The second kappa shape index (κ2) is 9.16. The molecule has 5 nitrogen and oxygen atoms in total. The highest BCUT2D eigenvalue weighted by molar-refractivity contribution is 7.91. The number of sulfone groups is 1. The number of aromatic nitrogens is 2. The Hall–Kier alpha value is -4.29. The van der Waals surface area contributed by atoms with E-state index in [2.05, 4.69) is 0 Å². The monoisotopic (exact) mass is 478 g/mol. The number of carbonyl (C=O) groups is 1. The van der Waals surface area contributed by atoms with Gasteiger partial charge in [-0.1, -0.05) is 96.6 Å². The average Bonchev–Trinajstić information content (AvgIpc) is 3.32. The maximum Gasteiger partial charge on any atom is 0.224 e. The Morgan fingerprint density at radius 1 is 0.714 bits per heavy atom. The van der Waals surface area contributed by atoms with E-state index in [0.717, 1.165) is 5.56 Å². The lowest BCUT2D eigenvalue weighted by molar-refractivity contribution is 0.103. The summed E-state index contributed by atoms with van der Waals surface area (Å²) in [4.78, 5) is 14.0. The van der Waals surface area contributed by atoms with Gasteiger partial charge in [-0.25, -0.2) is 13.1 Å². The summed E-state index contributed by atoms with van der Waals surface area (Å²) in [5.41, 5.74) is 2.88. The van der Waals surface area contributed by atoms with Crippen LogP contribution in [0.15, 0.2) is 125 Å². The first-order chi connectivity index (χ1) is 17.0. The maximum atomic E-state index is 14.1. The molecule has 0 spiro atoms. The van der Waals surface area contributed by atoms with Crippen LogP contribution in [0.3, 0.4) is 0 Å². The summed E-state index contributed by atoms with van der Waals surface area (Å²) in [7, 11) is -4.13. The van der Waals surface area contributed by atoms with Crippen LogP contribution in [0, 0.1) is 6.92 Å². The van der Waals surface area contributed by atoms with Crippen molar-refractivity contribution in [1.82, 2.24) is 9.78 Å². The van der Waals surface area contributed by atoms with Gasteiger partial charge in [0.2, 0.25) is 9.84 Å². The maximum absolute atomic E-state index is 14.1. The van der Waals surface area contributed by atoms with E-state index in [0.29, 0.717) is 22.5 Å². The summed E-state index contributed by atoms with van der Waals surface area (Å²) in [6.07, 6.45) is 0. The number of rotatable bonds is 6. The fourth-order valence-electron chi connectivity index (χ4n) is 3.96. The van der Waals surface area contributed by atoms with E-state index < -0.39 is 15.6 Å². The third-order valence-corrected chi connectivity index (χ3v) is 7.52. The van der Waals surface area contributed by atoms with Crippen LogP contribution in [-0.2, 0) is 9.84 Å². The molecule has 0 saturated carbocycles. The number of benzene rings is 4. The second-order valence-corrected chi connectivity index (χ2v) is 10.0. The van der Waals surface area contributed by atoms with E-state index in [1.165, 1.54) is 4.68 Å². The summed E-state index contributed by atoms with van der Waals surface area (Å²) < 4.78 is 29.6. The Kier molecular flexibility index (Phi) is 5.89. The molecule has 0 bridgehead atoms. The third kappa shape index (κ3) is 4.20. The van der Waals surface area contributed by atoms with Crippen molar-refractivity contribution in [2.75, 3.05) is 0 Å². The summed E-state index contributed by atoms with van der Waals surface area (Å²) in [5.74, 6) is -0.405. The topological polar surface area (TPSA) is 69.0 Å². The molecule has 0 saturated heterocycles. The fraction of sp³-hybridized carbons (Fsp3) is 0.0345. The molecule has 0 aliphatic rings. The molecule has 4 aromatic carbocycles. The molecule has 0 atom stereocenters. The van der Waals surface area contributed by atoms with Gasteiger partial charge in [-0.05, 0) is 31.2 Å². The summed E-state index contributed by atoms with van der Waals surface area (Å²) in [5, 5.41) is 4.57. The van der Waals surface area contributed by atoms with Crippen molar-refractivity contribution in [2.45, 2.75) is 16.8 Å². The van der Waals surface area contributed by atoms with E-state index in [1.807, 2.05) is 49.4 Å². The minimum Gasteiger partial charge on any atom is -0.288 e. The highest BCUT2D eigenvalue weighted by Crippen LogP contribution is 2.35. The van der Waals surface area contributed by atoms with E-state index >= 15 is 0 Å². The highest BCUT2D eigenvalue weighted by Gasteiger charge is 2.35. The van der Waals surface area contributed by atoms with Gasteiger partial charge < -0.3 is 0 Å². The lowest BCUT2D eigenvalue weighted by Crippen LogP contribution is -2.14. The Bertz CT molecular complexity index is 1590. The predicted molar refractivity (Wildman–Crippen MR) is 136 cm³/mol. The van der Waals surface area contributed by atoms with Crippen LogP contribution >= 0.6 is 0 Å². The molecule has 0 N–H and O–H groups in total. The van der Waals surface area contributed by atoms with Gasteiger partial charge in [0.1, 0.15) is 5.69 Å². The molecule has 5 aromatic rings. The summed E-state index contributed by atoms with van der Waals surface area (Å²) in [6, 6.07) is 33.5. The number of nitrogens with zero attached hydrogens (tertiary/aromatic N) is 2. The minimum absolute atomic E-state index is 0.0480. The van der Waals surface area contributed by atoms with Crippen molar-refractivity contribution in [1.29, 1.82) is 0 Å². The Morgan fingerprint density at radius 2 is 1.26 bits per heavy atom. The lowest BCUT2D eigenvalue weighted by atomic mass is 10.0. The molecule has 1 heterocycles. The van der Waals surface area contributed by atoms with Crippen LogP contribution in [0.4, 0.5) is 0 Å². The third-order valence-electron chi connectivity index (χ3n) is 5.74. The van der Waals surface area contributed by atoms with Gasteiger partial charge >= 0.3 is 0 Å². The van der Waals surface area contributed by atoms with Crippen LogP contribution in [0.2, 0.25) is 0 Å². The SMILES string of the molecule is Cc1ccc(S(=O)(=O)c2c(C(=O)c3ccccc3)c(-c3ccccc3)nn2-c2ccccc2)cc1. The minimum atomic E-state index is -4.13. The van der Waals surface area contributed by atoms with Crippen molar-refractivity contribution in [3.8, 4) is 16.9 Å². The van der Waals surface area contributed by atoms with E-state index in [1.54, 1.807) is 72.8 Å². The molecule has 35 heavy (non-hydrogen) atoms. The molecule has 0 unspecified atom stereocenters. The smallest absolute Gasteiger partial charge is 0.224 e. The molecule has 1 aromatic heterocycles. The van der Waals surface area contributed by atoms with Crippen molar-refractivity contribution in [3.05, 3.63) is 132 Å². The lowest BCUT2D eigenvalue weighted by Gasteiger charge is -2.11. The molecule has 0 radical (unpaired) electrons. The quantitative estimate of drug-likeness (QED) is 0.285. The standard InChI is InChI=1S/C29H22N2O3S/c1-21-17-19-25(20-18-21)35(33,34)29-26(28(32)23-13-7-3-8-14-23)27(22-11-5-2-6-12-22)30-31(29)24-15-9-4-10-16-24/h2-20H,1H3. The molecular formula is C29H22N2O3S. The molecule has 0 aliphatic heterocycles. The van der Waals surface area contributed by atoms with Gasteiger partial charge in [-0.3, -0.25) is 4.79 Å². The second-order valence-electron chi connectivity index (χ2n) is 8.15. The predicted octanol–water partition coefficient (Wildman–Crippen LogP) is 5.91. The van der Waals surface area contributed by atoms with Crippen LogP contribution in [-0.4, -0.2) is 24.0 Å². The molecule has 0 fully saturated rings. The first-order valence-corrected chi connectivity index (χ1v) is 12.6. The average molecular weight is 479 g/mol. The molecular weight excluding hydrogens is 456 g/mol. The van der Waals surface area contributed by atoms with Gasteiger partial charge in [-0.2, -0.15) is 5.10 Å². The Balaban J connectivity index is 1.88. The summed E-state index contributed by atoms with van der Waals surface area (Å²) >= 11 is 0. The summed E-state index contributed by atoms with van der Waals surface area (Å²) in [6.45, 7) is 1.89. The number of hydrogen-bond acceptors (Lipinski definition) is 4. The van der Waals surface area contributed by atoms with Crippen LogP contribution in [0.5, 0.6) is 0 Å². The van der Waals surface area contributed by atoms with Crippen molar-refractivity contribution >= 4 is 15.6 Å². The van der Waals surface area contributed by atoms with Gasteiger partial charge in [-0.15, -0.1) is 0 Å². The first-order valence-electron chi connectivity index (χ1n) is 11.1. The molecule has 0 amide bonds. The normalized spacial score (nSPS) is 11.3. The Labute approximate surface area is 204 Å². The molecule has 5 rings (SSSR count). The van der Waals surface area contributed by atoms with Gasteiger partial charge in [0, 0.05) is 11.1 Å². The van der Waals surface area contributed by atoms with Crippen LogP contribution in [0.25, 0.3) is 16.9 Å². The largest absolute Gasteiger partial charge is 0.288 e. The Morgan fingerprint density at radius 3 is 1.86 bits per heavy atom. The zero-order chi connectivity index (χ0) is 24.4. The number of carbonyl (C=O) groups excluding carboxylic acids is 1. The molecule has 6 heteroatoms. The van der Waals surface area contributed by atoms with Crippen LogP contribution < -0.4 is 0 Å². The molecule has 172 valence electrons. The zero-order valence-electron chi connectivity index (χ0n) is 19.0. The number of ketones is 1. The zero-order valence-corrected chi connectivity index (χ0v) is 19.8. The van der Waals surface area contributed by atoms with Gasteiger partial charge in [0.05, 0.1) is 16.1 Å². The van der Waals surface area contributed by atoms with E-state index in [9.17, 15) is 13.2 Å². The van der Waals surface area contributed by atoms with Crippen molar-refractivity contribution < 1.29 is 13.2 Å². The van der Waals surface area contributed by atoms with Crippen LogP contribution in [0.1, 0.15) is 21.5 Å². The number of aryl methyl sites for hydroxylation is 1. The van der Waals surface area contributed by atoms with Crippen molar-refractivity contribution in [2.24, 2.45) is 0 Å².